The molecule has 3 nitrogen and oxygen atoms in total. The van der Waals surface area contributed by atoms with Crippen LogP contribution in [-0.2, 0) is 9.47 Å². The van der Waals surface area contributed by atoms with Gasteiger partial charge in [0.05, 0.1) is 6.61 Å². The third-order valence-electron chi connectivity index (χ3n) is 2.14. The van der Waals surface area contributed by atoms with Crippen LogP contribution in [0.15, 0.2) is 24.3 Å². The molecule has 0 saturated carbocycles. The zero-order valence-electron chi connectivity index (χ0n) is 7.36. The lowest BCUT2D eigenvalue weighted by molar-refractivity contribution is -0.0930. The second-order valence-electron chi connectivity index (χ2n) is 2.72. The summed E-state index contributed by atoms with van der Waals surface area (Å²) >= 11 is 0. The van der Waals surface area contributed by atoms with Crippen LogP contribution in [0.2, 0.25) is 0 Å². The summed E-state index contributed by atoms with van der Waals surface area (Å²) in [6.07, 6.45) is 7.18. The molecule has 0 bridgehead atoms. The number of hydrogen-bond donors (Lipinski definition) is 1. The van der Waals surface area contributed by atoms with Gasteiger partial charge in [0.25, 0.3) is 0 Å². The lowest BCUT2D eigenvalue weighted by atomic mass is 9.93. The summed E-state index contributed by atoms with van der Waals surface area (Å²) in [5.41, 5.74) is -0.705. The number of methoxy groups -OCH3 is 2. The third kappa shape index (κ3) is 1.43. The first-order chi connectivity index (χ1) is 5.79. The molecule has 12 heavy (non-hydrogen) atoms. The van der Waals surface area contributed by atoms with Gasteiger partial charge in [-0.05, 0) is 6.08 Å². The van der Waals surface area contributed by atoms with E-state index in [2.05, 4.69) is 0 Å². The monoisotopic (exact) mass is 170 g/mol. The Morgan fingerprint density at radius 3 is 2.58 bits per heavy atom. The molecule has 0 fully saturated rings. The van der Waals surface area contributed by atoms with Gasteiger partial charge in [0.2, 0.25) is 0 Å². The Labute approximate surface area is 72.3 Å². The molecule has 1 N–H and O–H groups in total. The molecule has 1 aliphatic rings. The number of allylic oxidation sites excluding steroid dienone is 2. The van der Waals surface area contributed by atoms with Crippen molar-refractivity contribution >= 4 is 0 Å². The van der Waals surface area contributed by atoms with Gasteiger partial charge in [0.15, 0.2) is 0 Å². The molecule has 0 spiro atoms. The fourth-order valence-electron chi connectivity index (χ4n) is 1.31. The molecule has 0 amide bonds. The van der Waals surface area contributed by atoms with Crippen molar-refractivity contribution in [3.8, 4) is 0 Å². The zero-order valence-corrected chi connectivity index (χ0v) is 7.36. The first kappa shape index (κ1) is 9.45. The van der Waals surface area contributed by atoms with Crippen molar-refractivity contribution in [2.45, 2.75) is 11.7 Å². The first-order valence-corrected chi connectivity index (χ1v) is 3.84. The summed E-state index contributed by atoms with van der Waals surface area (Å²) in [6, 6.07) is 0. The van der Waals surface area contributed by atoms with Crippen LogP contribution in [0.4, 0.5) is 0 Å². The predicted molar refractivity (Wildman–Crippen MR) is 45.9 cm³/mol. The lowest BCUT2D eigenvalue weighted by Crippen LogP contribution is -2.46. The Hall–Kier alpha value is -0.640. The molecule has 2 atom stereocenters. The van der Waals surface area contributed by atoms with E-state index in [9.17, 15) is 0 Å². The molecule has 1 rings (SSSR count). The van der Waals surface area contributed by atoms with E-state index in [4.69, 9.17) is 14.6 Å². The Kier molecular flexibility index (Phi) is 3.03. The maximum atomic E-state index is 9.15. The van der Waals surface area contributed by atoms with Crippen molar-refractivity contribution in [3.05, 3.63) is 24.3 Å². The maximum Gasteiger partial charge on any atom is 0.139 e. The van der Waals surface area contributed by atoms with Crippen molar-refractivity contribution in [1.29, 1.82) is 0 Å². The maximum absolute atomic E-state index is 9.15. The van der Waals surface area contributed by atoms with Gasteiger partial charge in [-0.1, -0.05) is 18.2 Å². The van der Waals surface area contributed by atoms with Crippen LogP contribution in [-0.4, -0.2) is 37.6 Å². The SMILES string of the molecule is COC1C=CC=CC1(CO)OC. The molecule has 0 aromatic rings. The van der Waals surface area contributed by atoms with E-state index in [0.717, 1.165) is 0 Å². The Morgan fingerprint density at radius 1 is 1.42 bits per heavy atom. The van der Waals surface area contributed by atoms with E-state index in [-0.39, 0.29) is 12.7 Å². The van der Waals surface area contributed by atoms with Crippen molar-refractivity contribution in [3.63, 3.8) is 0 Å². The molecule has 0 aliphatic heterocycles. The molecule has 0 saturated heterocycles. The second-order valence-corrected chi connectivity index (χ2v) is 2.72. The standard InChI is InChI=1S/C9H14O3/c1-11-8-5-3-4-6-9(8,7-10)12-2/h3-6,8,10H,7H2,1-2H3. The van der Waals surface area contributed by atoms with Crippen LogP contribution in [0.3, 0.4) is 0 Å². The van der Waals surface area contributed by atoms with Crippen LogP contribution in [0.1, 0.15) is 0 Å². The van der Waals surface area contributed by atoms with Crippen LogP contribution in [0.25, 0.3) is 0 Å². The summed E-state index contributed by atoms with van der Waals surface area (Å²) in [6.45, 7) is -0.0805. The van der Waals surface area contributed by atoms with Crippen molar-refractivity contribution < 1.29 is 14.6 Å². The van der Waals surface area contributed by atoms with Gasteiger partial charge in [-0.15, -0.1) is 0 Å². The Bertz CT molecular complexity index is 192. The summed E-state index contributed by atoms with van der Waals surface area (Å²) < 4.78 is 10.4. The van der Waals surface area contributed by atoms with Crippen molar-refractivity contribution in [2.24, 2.45) is 0 Å². The lowest BCUT2D eigenvalue weighted by Gasteiger charge is -2.34. The molecular weight excluding hydrogens is 156 g/mol. The second kappa shape index (κ2) is 3.85. The Balaban J connectivity index is 2.84. The summed E-state index contributed by atoms with van der Waals surface area (Å²) in [5.74, 6) is 0. The molecule has 2 unspecified atom stereocenters. The van der Waals surface area contributed by atoms with Gasteiger partial charge in [0, 0.05) is 14.2 Å². The quantitative estimate of drug-likeness (QED) is 0.670. The fraction of sp³-hybridized carbons (Fsp3) is 0.556. The third-order valence-corrected chi connectivity index (χ3v) is 2.14. The number of aliphatic hydroxyl groups excluding tert-OH is 1. The molecule has 1 aliphatic carbocycles. The topological polar surface area (TPSA) is 38.7 Å². The minimum Gasteiger partial charge on any atom is -0.393 e. The number of ether oxygens (including phenoxy) is 2. The molecular formula is C9H14O3. The largest absolute Gasteiger partial charge is 0.393 e. The highest BCUT2D eigenvalue weighted by Crippen LogP contribution is 2.23. The Morgan fingerprint density at radius 2 is 2.17 bits per heavy atom. The predicted octanol–water partition coefficient (Wildman–Crippen LogP) is 0.505. The normalized spacial score (nSPS) is 34.1. The number of rotatable bonds is 3. The highest BCUT2D eigenvalue weighted by molar-refractivity contribution is 5.23. The molecule has 0 aromatic heterocycles. The van der Waals surface area contributed by atoms with Crippen LogP contribution in [0.5, 0.6) is 0 Å². The fourth-order valence-corrected chi connectivity index (χ4v) is 1.31. The number of hydrogen-bond acceptors (Lipinski definition) is 3. The zero-order chi connectivity index (χ0) is 9.03. The molecule has 3 heteroatoms. The van der Waals surface area contributed by atoms with Crippen molar-refractivity contribution in [2.75, 3.05) is 20.8 Å². The summed E-state index contributed by atoms with van der Waals surface area (Å²) in [4.78, 5) is 0. The summed E-state index contributed by atoms with van der Waals surface area (Å²) in [5, 5.41) is 9.15. The van der Waals surface area contributed by atoms with E-state index < -0.39 is 5.60 Å². The van der Waals surface area contributed by atoms with E-state index in [1.165, 1.54) is 0 Å². The molecule has 0 heterocycles. The van der Waals surface area contributed by atoms with Gasteiger partial charge in [-0.3, -0.25) is 0 Å². The van der Waals surface area contributed by atoms with Crippen molar-refractivity contribution in [1.82, 2.24) is 0 Å². The van der Waals surface area contributed by atoms with E-state index >= 15 is 0 Å². The number of aliphatic hydroxyl groups is 1. The minimum absolute atomic E-state index is 0.0805. The first-order valence-electron chi connectivity index (χ1n) is 3.84. The minimum atomic E-state index is -0.705. The average molecular weight is 170 g/mol. The van der Waals surface area contributed by atoms with Gasteiger partial charge >= 0.3 is 0 Å². The molecule has 68 valence electrons. The summed E-state index contributed by atoms with van der Waals surface area (Å²) in [7, 11) is 3.16. The van der Waals surface area contributed by atoms with Crippen LogP contribution < -0.4 is 0 Å². The van der Waals surface area contributed by atoms with E-state index in [1.807, 2.05) is 18.2 Å². The van der Waals surface area contributed by atoms with Gasteiger partial charge in [-0.25, -0.2) is 0 Å². The smallest absolute Gasteiger partial charge is 0.139 e. The molecule has 0 aromatic carbocycles. The highest BCUT2D eigenvalue weighted by Gasteiger charge is 2.35. The van der Waals surface area contributed by atoms with E-state index in [0.29, 0.717) is 0 Å². The molecule has 0 radical (unpaired) electrons. The van der Waals surface area contributed by atoms with E-state index in [1.54, 1.807) is 20.3 Å². The van der Waals surface area contributed by atoms with Gasteiger partial charge < -0.3 is 14.6 Å². The van der Waals surface area contributed by atoms with Gasteiger partial charge in [0.1, 0.15) is 11.7 Å². The van der Waals surface area contributed by atoms with Crippen LogP contribution >= 0.6 is 0 Å². The van der Waals surface area contributed by atoms with Gasteiger partial charge in [-0.2, -0.15) is 0 Å². The highest BCUT2D eigenvalue weighted by atomic mass is 16.5. The average Bonchev–Trinajstić information content (AvgIpc) is 2.17. The van der Waals surface area contributed by atoms with Crippen LogP contribution in [0, 0.1) is 0 Å².